The van der Waals surface area contributed by atoms with Crippen LogP contribution in [0.1, 0.15) is 11.1 Å². The van der Waals surface area contributed by atoms with Crippen LogP contribution >= 0.6 is 11.3 Å². The van der Waals surface area contributed by atoms with Crippen LogP contribution in [-0.2, 0) is 0 Å². The molecule has 7 heteroatoms. The Bertz CT molecular complexity index is 1370. The zero-order valence-electron chi connectivity index (χ0n) is 16.7. The first-order valence-corrected chi connectivity index (χ1v) is 10.5. The van der Waals surface area contributed by atoms with Gasteiger partial charge in [0.2, 0.25) is 0 Å². The molecular weight excluding hydrogens is 406 g/mol. The van der Waals surface area contributed by atoms with Gasteiger partial charge in [-0.25, -0.2) is 9.97 Å². The number of para-hydroxylation sites is 1. The molecular formula is C24H17N5OS. The lowest BCUT2D eigenvalue weighted by Gasteiger charge is -2.23. The van der Waals surface area contributed by atoms with Crippen LogP contribution in [0.15, 0.2) is 73.1 Å². The second-order valence-electron chi connectivity index (χ2n) is 6.93. The second kappa shape index (κ2) is 8.01. The van der Waals surface area contributed by atoms with Crippen molar-refractivity contribution in [3.63, 3.8) is 0 Å². The lowest BCUT2D eigenvalue weighted by atomic mass is 10.0. The number of hydrogen-bond acceptors (Lipinski definition) is 7. The van der Waals surface area contributed by atoms with Crippen molar-refractivity contribution in [1.82, 2.24) is 15.0 Å². The van der Waals surface area contributed by atoms with Crippen molar-refractivity contribution < 1.29 is 4.74 Å². The third kappa shape index (κ3) is 3.65. The van der Waals surface area contributed by atoms with E-state index in [0.29, 0.717) is 17.8 Å². The number of ether oxygens (including phenoxy) is 1. The Morgan fingerprint density at radius 1 is 1.10 bits per heavy atom. The summed E-state index contributed by atoms with van der Waals surface area (Å²) in [6.07, 6.45) is 7.85. The van der Waals surface area contributed by atoms with E-state index in [2.05, 4.69) is 33.1 Å². The molecule has 3 heterocycles. The van der Waals surface area contributed by atoms with Gasteiger partial charge >= 0.3 is 0 Å². The maximum atomic E-state index is 8.98. The molecule has 1 aliphatic rings. The van der Waals surface area contributed by atoms with Gasteiger partial charge in [-0.15, -0.1) is 0 Å². The number of allylic oxidation sites excluding steroid dienone is 2. The number of rotatable bonds is 4. The number of anilines is 1. The highest BCUT2D eigenvalue weighted by molar-refractivity contribution is 7.21. The van der Waals surface area contributed by atoms with E-state index >= 15 is 0 Å². The molecule has 0 aliphatic carbocycles. The van der Waals surface area contributed by atoms with E-state index in [9.17, 15) is 0 Å². The summed E-state index contributed by atoms with van der Waals surface area (Å²) in [5.74, 6) is 0.851. The average Bonchev–Trinajstić information content (AvgIpc) is 3.28. The van der Waals surface area contributed by atoms with Crippen molar-refractivity contribution in [2.45, 2.75) is 0 Å². The van der Waals surface area contributed by atoms with Crippen molar-refractivity contribution in [1.29, 1.82) is 5.26 Å². The molecule has 2 aromatic carbocycles. The number of nitrogens with zero attached hydrogens (tertiary/aromatic N) is 5. The minimum Gasteiger partial charge on any atom is -0.496 e. The Labute approximate surface area is 183 Å². The predicted molar refractivity (Wildman–Crippen MR) is 123 cm³/mol. The molecule has 4 aromatic rings. The Morgan fingerprint density at radius 3 is 2.74 bits per heavy atom. The maximum Gasteiger partial charge on any atom is 0.193 e. The van der Waals surface area contributed by atoms with Gasteiger partial charge in [0.05, 0.1) is 37.2 Å². The summed E-state index contributed by atoms with van der Waals surface area (Å²) in [6, 6.07) is 17.5. The summed E-state index contributed by atoms with van der Waals surface area (Å²) in [7, 11) is 1.69. The fourth-order valence-corrected chi connectivity index (χ4v) is 4.34. The first-order valence-electron chi connectivity index (χ1n) is 9.66. The van der Waals surface area contributed by atoms with E-state index in [4.69, 9.17) is 15.0 Å². The molecule has 2 aromatic heterocycles. The number of methoxy groups -OCH3 is 1. The summed E-state index contributed by atoms with van der Waals surface area (Å²) >= 11 is 1.51. The van der Waals surface area contributed by atoms with Gasteiger partial charge in [-0.1, -0.05) is 47.7 Å². The van der Waals surface area contributed by atoms with E-state index in [0.717, 1.165) is 38.1 Å². The molecule has 0 unspecified atom stereocenters. The smallest absolute Gasteiger partial charge is 0.193 e. The topological polar surface area (TPSA) is 74.9 Å². The van der Waals surface area contributed by atoms with Gasteiger partial charge < -0.3 is 9.64 Å². The molecule has 0 N–H and O–H groups in total. The Hall–Kier alpha value is -4.02. The quantitative estimate of drug-likeness (QED) is 0.457. The molecule has 6 nitrogen and oxygen atoms in total. The van der Waals surface area contributed by atoms with Crippen molar-refractivity contribution in [2.75, 3.05) is 18.6 Å². The summed E-state index contributed by atoms with van der Waals surface area (Å²) in [4.78, 5) is 16.8. The number of benzene rings is 2. The molecule has 150 valence electrons. The number of hydrogen-bond donors (Lipinski definition) is 0. The SMILES string of the molecule is COc1ccccc1C1=CC=CN(c2nc3ncc(-c4ccc(C#N)cc4)nc3s2)C1. The minimum absolute atomic E-state index is 0.619. The number of fused-ring (bicyclic) bond motifs is 1. The zero-order chi connectivity index (χ0) is 21.2. The van der Waals surface area contributed by atoms with Gasteiger partial charge in [-0.3, -0.25) is 0 Å². The minimum atomic E-state index is 0.619. The molecule has 0 spiro atoms. The summed E-state index contributed by atoms with van der Waals surface area (Å²) in [5.41, 5.74) is 5.14. The Morgan fingerprint density at radius 2 is 1.94 bits per heavy atom. The highest BCUT2D eigenvalue weighted by Gasteiger charge is 2.18. The molecule has 0 bridgehead atoms. The average molecular weight is 424 g/mol. The number of aromatic nitrogens is 3. The van der Waals surface area contributed by atoms with E-state index < -0.39 is 0 Å². The van der Waals surface area contributed by atoms with Crippen molar-refractivity contribution in [2.24, 2.45) is 0 Å². The predicted octanol–water partition coefficient (Wildman–Crippen LogP) is 5.05. The van der Waals surface area contributed by atoms with Crippen LogP contribution in [-0.4, -0.2) is 28.6 Å². The fourth-order valence-electron chi connectivity index (χ4n) is 3.46. The first kappa shape index (κ1) is 19.0. The van der Waals surface area contributed by atoms with Crippen LogP contribution in [0.5, 0.6) is 5.75 Å². The van der Waals surface area contributed by atoms with E-state index in [1.807, 2.05) is 42.6 Å². The van der Waals surface area contributed by atoms with Crippen LogP contribution in [0.2, 0.25) is 0 Å². The van der Waals surface area contributed by atoms with E-state index in [1.54, 1.807) is 25.4 Å². The van der Waals surface area contributed by atoms with E-state index in [-0.39, 0.29) is 0 Å². The van der Waals surface area contributed by atoms with Crippen LogP contribution in [0.4, 0.5) is 5.13 Å². The molecule has 31 heavy (non-hydrogen) atoms. The third-order valence-electron chi connectivity index (χ3n) is 5.02. The normalized spacial score (nSPS) is 13.2. The van der Waals surface area contributed by atoms with E-state index in [1.165, 1.54) is 11.3 Å². The Balaban J connectivity index is 1.43. The standard InChI is InChI=1S/C24H17N5OS/c1-30-21-7-3-2-6-19(21)18-5-4-12-29(15-18)24-28-22-23(31-24)27-20(14-26-22)17-10-8-16(13-25)9-11-17/h2-12,14H,15H2,1H3. The van der Waals surface area contributed by atoms with Crippen molar-refractivity contribution in [3.8, 4) is 23.1 Å². The monoisotopic (exact) mass is 423 g/mol. The molecule has 0 amide bonds. The van der Waals surface area contributed by atoms with Gasteiger partial charge in [-0.2, -0.15) is 10.2 Å². The highest BCUT2D eigenvalue weighted by Crippen LogP contribution is 2.33. The van der Waals surface area contributed by atoms with Gasteiger partial charge in [0.15, 0.2) is 15.6 Å². The van der Waals surface area contributed by atoms with Crippen LogP contribution in [0.3, 0.4) is 0 Å². The van der Waals surface area contributed by atoms with Gasteiger partial charge in [0.1, 0.15) is 5.75 Å². The molecule has 0 atom stereocenters. The highest BCUT2D eigenvalue weighted by atomic mass is 32.1. The third-order valence-corrected chi connectivity index (χ3v) is 6.00. The lowest BCUT2D eigenvalue weighted by Crippen LogP contribution is -2.20. The van der Waals surface area contributed by atoms with Crippen LogP contribution in [0.25, 0.3) is 27.3 Å². The summed E-state index contributed by atoms with van der Waals surface area (Å²) < 4.78 is 5.52. The number of thiazole rings is 1. The summed E-state index contributed by atoms with van der Waals surface area (Å²) in [6.45, 7) is 0.680. The largest absolute Gasteiger partial charge is 0.496 e. The lowest BCUT2D eigenvalue weighted by molar-refractivity contribution is 0.413. The molecule has 0 radical (unpaired) electrons. The first-order chi connectivity index (χ1) is 15.2. The molecule has 0 saturated heterocycles. The second-order valence-corrected chi connectivity index (χ2v) is 7.89. The fraction of sp³-hybridized carbons (Fsp3) is 0.0833. The van der Waals surface area contributed by atoms with Crippen molar-refractivity contribution >= 4 is 32.5 Å². The molecule has 0 fully saturated rings. The Kier molecular flexibility index (Phi) is 4.90. The van der Waals surface area contributed by atoms with Crippen LogP contribution in [0, 0.1) is 11.3 Å². The molecule has 0 saturated carbocycles. The van der Waals surface area contributed by atoms with Gasteiger partial charge in [-0.05, 0) is 29.8 Å². The molecule has 5 rings (SSSR count). The van der Waals surface area contributed by atoms with Gasteiger partial charge in [0.25, 0.3) is 0 Å². The maximum absolute atomic E-state index is 8.98. The van der Waals surface area contributed by atoms with Crippen LogP contribution < -0.4 is 9.64 Å². The number of nitriles is 1. The van der Waals surface area contributed by atoms with Crippen molar-refractivity contribution in [3.05, 3.63) is 84.2 Å². The summed E-state index contributed by atoms with van der Waals surface area (Å²) in [5, 5.41) is 9.82. The molecule has 1 aliphatic heterocycles. The zero-order valence-corrected chi connectivity index (χ0v) is 17.5. The van der Waals surface area contributed by atoms with Gasteiger partial charge in [0, 0.05) is 17.3 Å².